The molecule has 0 aliphatic carbocycles. The number of aromatic nitrogens is 1. The van der Waals surface area contributed by atoms with Gasteiger partial charge in [0, 0.05) is 18.3 Å². The molecule has 92 valence electrons. The summed E-state index contributed by atoms with van der Waals surface area (Å²) in [6, 6.07) is 8.71. The van der Waals surface area contributed by atoms with Gasteiger partial charge in [-0.05, 0) is 47.5 Å². The lowest BCUT2D eigenvalue weighted by Gasteiger charge is -2.16. The van der Waals surface area contributed by atoms with Crippen LogP contribution in [0, 0.1) is 11.8 Å². The van der Waals surface area contributed by atoms with Gasteiger partial charge in [0.05, 0.1) is 0 Å². The number of aromatic amines is 1. The van der Waals surface area contributed by atoms with Crippen LogP contribution in [-0.2, 0) is 6.54 Å². The third-order valence-corrected chi connectivity index (χ3v) is 3.55. The lowest BCUT2D eigenvalue weighted by molar-refractivity contribution is 0.392. The highest BCUT2D eigenvalue weighted by Crippen LogP contribution is 2.14. The maximum Gasteiger partial charge on any atom is 0.0454 e. The second-order valence-corrected chi connectivity index (χ2v) is 5.25. The van der Waals surface area contributed by atoms with Gasteiger partial charge in [0.25, 0.3) is 0 Å². The van der Waals surface area contributed by atoms with Gasteiger partial charge >= 0.3 is 0 Å². The van der Waals surface area contributed by atoms with E-state index in [1.54, 1.807) is 0 Å². The Hall–Kier alpha value is -1.28. The van der Waals surface area contributed by atoms with Crippen molar-refractivity contribution in [2.45, 2.75) is 27.3 Å². The summed E-state index contributed by atoms with van der Waals surface area (Å²) in [5.41, 5.74) is 2.57. The molecule has 1 atom stereocenters. The fourth-order valence-corrected chi connectivity index (χ4v) is 1.89. The molecule has 2 rings (SSSR count). The average molecular weight is 230 g/mol. The highest BCUT2D eigenvalue weighted by atomic mass is 14.9. The molecule has 0 amide bonds. The SMILES string of the molecule is CC(C)C(C)CNCc1ccc2[nH]ccc2c1. The van der Waals surface area contributed by atoms with Crippen molar-refractivity contribution in [3.8, 4) is 0 Å². The Kier molecular flexibility index (Phi) is 3.85. The molecular formula is C15H22N2. The third kappa shape index (κ3) is 3.10. The molecule has 2 aromatic rings. The molecular weight excluding hydrogens is 208 g/mol. The first-order chi connectivity index (χ1) is 8.16. The van der Waals surface area contributed by atoms with Crippen LogP contribution in [0.2, 0.25) is 0 Å². The van der Waals surface area contributed by atoms with Gasteiger partial charge < -0.3 is 10.3 Å². The number of nitrogens with one attached hydrogen (secondary N) is 2. The van der Waals surface area contributed by atoms with E-state index in [2.05, 4.69) is 55.3 Å². The average Bonchev–Trinajstić information content (AvgIpc) is 2.75. The van der Waals surface area contributed by atoms with Crippen molar-refractivity contribution in [3.05, 3.63) is 36.0 Å². The smallest absolute Gasteiger partial charge is 0.0454 e. The molecule has 0 bridgehead atoms. The number of hydrogen-bond donors (Lipinski definition) is 2. The van der Waals surface area contributed by atoms with Crippen LogP contribution in [0.5, 0.6) is 0 Å². The molecule has 1 aromatic heterocycles. The minimum Gasteiger partial charge on any atom is -0.361 e. The molecule has 0 saturated heterocycles. The van der Waals surface area contributed by atoms with E-state index in [-0.39, 0.29) is 0 Å². The Balaban J connectivity index is 1.90. The minimum absolute atomic E-state index is 0.728. The summed E-state index contributed by atoms with van der Waals surface area (Å²) < 4.78 is 0. The molecule has 0 spiro atoms. The van der Waals surface area contributed by atoms with Gasteiger partial charge in [-0.2, -0.15) is 0 Å². The fraction of sp³-hybridized carbons (Fsp3) is 0.467. The van der Waals surface area contributed by atoms with Gasteiger partial charge in [-0.15, -0.1) is 0 Å². The van der Waals surface area contributed by atoms with Gasteiger partial charge in [-0.3, -0.25) is 0 Å². The molecule has 2 heteroatoms. The molecule has 1 unspecified atom stereocenters. The molecule has 1 heterocycles. The van der Waals surface area contributed by atoms with Gasteiger partial charge in [-0.1, -0.05) is 26.8 Å². The van der Waals surface area contributed by atoms with Crippen LogP contribution in [-0.4, -0.2) is 11.5 Å². The zero-order valence-electron chi connectivity index (χ0n) is 11.0. The summed E-state index contributed by atoms with van der Waals surface area (Å²) in [5.74, 6) is 1.47. The van der Waals surface area contributed by atoms with E-state index in [0.717, 1.165) is 24.9 Å². The third-order valence-electron chi connectivity index (χ3n) is 3.55. The van der Waals surface area contributed by atoms with E-state index in [1.807, 2.05) is 6.20 Å². The maximum atomic E-state index is 3.53. The summed E-state index contributed by atoms with van der Waals surface area (Å²) in [7, 11) is 0. The molecule has 2 nitrogen and oxygen atoms in total. The van der Waals surface area contributed by atoms with E-state index in [0.29, 0.717) is 0 Å². The van der Waals surface area contributed by atoms with Crippen LogP contribution in [0.15, 0.2) is 30.5 Å². The van der Waals surface area contributed by atoms with Crippen molar-refractivity contribution >= 4 is 10.9 Å². The van der Waals surface area contributed by atoms with Crippen LogP contribution >= 0.6 is 0 Å². The lowest BCUT2D eigenvalue weighted by atomic mass is 9.98. The molecule has 0 saturated carbocycles. The molecule has 2 N–H and O–H groups in total. The Morgan fingerprint density at radius 2 is 2.00 bits per heavy atom. The standard InChI is InChI=1S/C15H22N2/c1-11(2)12(3)9-16-10-13-4-5-15-14(8-13)6-7-17-15/h4-8,11-12,16-17H,9-10H2,1-3H3. The zero-order chi connectivity index (χ0) is 12.3. The van der Waals surface area contributed by atoms with Crippen molar-refractivity contribution in [2.75, 3.05) is 6.54 Å². The quantitative estimate of drug-likeness (QED) is 0.807. The van der Waals surface area contributed by atoms with Crippen molar-refractivity contribution in [2.24, 2.45) is 11.8 Å². The second kappa shape index (κ2) is 5.37. The molecule has 0 fully saturated rings. The first kappa shape index (κ1) is 12.2. The zero-order valence-corrected chi connectivity index (χ0v) is 11.0. The van der Waals surface area contributed by atoms with Crippen molar-refractivity contribution in [3.63, 3.8) is 0 Å². The molecule has 17 heavy (non-hydrogen) atoms. The summed E-state index contributed by atoms with van der Waals surface area (Å²) in [4.78, 5) is 3.22. The predicted molar refractivity (Wildman–Crippen MR) is 74.0 cm³/mol. The van der Waals surface area contributed by atoms with E-state index >= 15 is 0 Å². The van der Waals surface area contributed by atoms with Crippen LogP contribution in [0.25, 0.3) is 10.9 Å². The van der Waals surface area contributed by atoms with Gasteiger partial charge in [0.15, 0.2) is 0 Å². The first-order valence-electron chi connectivity index (χ1n) is 6.43. The van der Waals surface area contributed by atoms with Gasteiger partial charge in [-0.25, -0.2) is 0 Å². The Labute approximate surface area is 103 Å². The number of H-pyrrole nitrogens is 1. The van der Waals surface area contributed by atoms with Crippen molar-refractivity contribution in [1.82, 2.24) is 10.3 Å². The highest BCUT2D eigenvalue weighted by molar-refractivity contribution is 5.79. The van der Waals surface area contributed by atoms with Crippen LogP contribution in [0.1, 0.15) is 26.3 Å². The fourth-order valence-electron chi connectivity index (χ4n) is 1.89. The van der Waals surface area contributed by atoms with E-state index in [1.165, 1.54) is 16.5 Å². The van der Waals surface area contributed by atoms with Crippen LogP contribution < -0.4 is 5.32 Å². The van der Waals surface area contributed by atoms with E-state index in [9.17, 15) is 0 Å². The van der Waals surface area contributed by atoms with Crippen molar-refractivity contribution < 1.29 is 0 Å². The molecule has 0 radical (unpaired) electrons. The Morgan fingerprint density at radius 1 is 1.18 bits per heavy atom. The number of rotatable bonds is 5. The van der Waals surface area contributed by atoms with E-state index in [4.69, 9.17) is 0 Å². The van der Waals surface area contributed by atoms with Crippen LogP contribution in [0.3, 0.4) is 0 Å². The van der Waals surface area contributed by atoms with Gasteiger partial charge in [0.1, 0.15) is 0 Å². The topological polar surface area (TPSA) is 27.8 Å². The number of benzene rings is 1. The number of fused-ring (bicyclic) bond motifs is 1. The number of hydrogen-bond acceptors (Lipinski definition) is 1. The predicted octanol–water partition coefficient (Wildman–Crippen LogP) is 3.55. The highest BCUT2D eigenvalue weighted by Gasteiger charge is 2.06. The van der Waals surface area contributed by atoms with Gasteiger partial charge in [0.2, 0.25) is 0 Å². The summed E-state index contributed by atoms with van der Waals surface area (Å²) in [6.45, 7) is 8.89. The van der Waals surface area contributed by atoms with Crippen molar-refractivity contribution in [1.29, 1.82) is 0 Å². The monoisotopic (exact) mass is 230 g/mol. The Bertz CT molecular complexity index is 470. The largest absolute Gasteiger partial charge is 0.361 e. The van der Waals surface area contributed by atoms with E-state index < -0.39 is 0 Å². The molecule has 0 aliphatic heterocycles. The normalized spacial score (nSPS) is 13.4. The summed E-state index contributed by atoms with van der Waals surface area (Å²) in [6.07, 6.45) is 1.99. The minimum atomic E-state index is 0.728. The second-order valence-electron chi connectivity index (χ2n) is 5.25. The Morgan fingerprint density at radius 3 is 2.76 bits per heavy atom. The maximum absolute atomic E-state index is 3.53. The lowest BCUT2D eigenvalue weighted by Crippen LogP contribution is -2.23. The first-order valence-corrected chi connectivity index (χ1v) is 6.43. The summed E-state index contributed by atoms with van der Waals surface area (Å²) >= 11 is 0. The molecule has 0 aliphatic rings. The van der Waals surface area contributed by atoms with Crippen LogP contribution in [0.4, 0.5) is 0 Å². The summed E-state index contributed by atoms with van der Waals surface area (Å²) in [5, 5.41) is 4.82. The molecule has 1 aromatic carbocycles.